The van der Waals surface area contributed by atoms with Gasteiger partial charge in [0.2, 0.25) is 5.91 Å². The van der Waals surface area contributed by atoms with E-state index in [1.54, 1.807) is 7.05 Å². The third kappa shape index (κ3) is 3.79. The highest BCUT2D eigenvalue weighted by Crippen LogP contribution is 2.35. The van der Waals surface area contributed by atoms with Crippen LogP contribution < -0.4 is 5.32 Å². The molecule has 1 aromatic carbocycles. The maximum absolute atomic E-state index is 12.6. The van der Waals surface area contributed by atoms with Crippen molar-refractivity contribution in [1.29, 1.82) is 0 Å². The maximum atomic E-state index is 12.6. The molecule has 0 saturated carbocycles. The average Bonchev–Trinajstić information content (AvgIpc) is 2.49. The molecule has 0 saturated heterocycles. The summed E-state index contributed by atoms with van der Waals surface area (Å²) in [5.41, 5.74) is 1.06. The predicted molar refractivity (Wildman–Crippen MR) is 82.7 cm³/mol. The van der Waals surface area contributed by atoms with E-state index in [1.807, 2.05) is 30.3 Å². The van der Waals surface area contributed by atoms with Crippen molar-refractivity contribution in [3.05, 3.63) is 48.0 Å². The summed E-state index contributed by atoms with van der Waals surface area (Å²) in [5, 5.41) is 2.46. The molecule has 1 amide bonds. The Hall–Kier alpha value is -1.42. The number of carbonyl (C=O) groups excluding carboxylic acids is 1. The lowest BCUT2D eigenvalue weighted by Crippen LogP contribution is -2.29. The summed E-state index contributed by atoms with van der Waals surface area (Å²) in [5.74, 6) is 0.168. The summed E-state index contributed by atoms with van der Waals surface area (Å²) in [6, 6.07) is 9.90. The van der Waals surface area contributed by atoms with Crippen LogP contribution in [0.15, 0.2) is 42.5 Å². The summed E-state index contributed by atoms with van der Waals surface area (Å²) >= 11 is 0. The molecule has 0 aromatic heterocycles. The van der Waals surface area contributed by atoms with Crippen LogP contribution in [-0.4, -0.2) is 22.9 Å². The Morgan fingerprint density at radius 3 is 2.75 bits per heavy atom. The molecule has 2 rings (SSSR count). The second-order valence-corrected chi connectivity index (χ2v) is 6.61. The molecule has 108 valence electrons. The highest BCUT2D eigenvalue weighted by Gasteiger charge is 2.28. The molecular weight excluding hydrogens is 270 g/mol. The molecule has 1 N–H and O–H groups in total. The first-order valence-electron chi connectivity index (χ1n) is 7.01. The summed E-state index contributed by atoms with van der Waals surface area (Å²) in [4.78, 5) is 11.5. The summed E-state index contributed by atoms with van der Waals surface area (Å²) in [7, 11) is 0.381. The molecule has 1 aliphatic carbocycles. The lowest BCUT2D eigenvalue weighted by Gasteiger charge is -2.26. The molecule has 0 fully saturated rings. The molecule has 20 heavy (non-hydrogen) atoms. The predicted octanol–water partition coefficient (Wildman–Crippen LogP) is 2.58. The van der Waals surface area contributed by atoms with Crippen LogP contribution in [0.25, 0.3) is 0 Å². The molecule has 1 aromatic rings. The number of benzene rings is 1. The molecule has 1 aliphatic rings. The smallest absolute Gasteiger partial charge is 0.232 e. The second kappa shape index (κ2) is 7.39. The molecule has 3 atom stereocenters. The van der Waals surface area contributed by atoms with Crippen LogP contribution in [0.4, 0.5) is 0 Å². The molecule has 0 spiro atoms. The number of allylic oxidation sites excluding steroid dienone is 2. The van der Waals surface area contributed by atoms with Crippen LogP contribution in [0.1, 0.15) is 30.1 Å². The van der Waals surface area contributed by atoms with Crippen molar-refractivity contribution in [3.8, 4) is 0 Å². The first kappa shape index (κ1) is 15.0. The quantitative estimate of drug-likeness (QED) is 0.848. The van der Waals surface area contributed by atoms with Gasteiger partial charge >= 0.3 is 0 Å². The minimum atomic E-state index is -1.20. The Kier molecular flexibility index (Phi) is 5.53. The molecule has 3 nitrogen and oxygen atoms in total. The zero-order chi connectivity index (χ0) is 14.4. The topological polar surface area (TPSA) is 46.2 Å². The Labute approximate surface area is 122 Å². The van der Waals surface area contributed by atoms with Crippen LogP contribution in [0.3, 0.4) is 0 Å². The summed E-state index contributed by atoms with van der Waals surface area (Å²) in [6.45, 7) is 0. The van der Waals surface area contributed by atoms with Gasteiger partial charge in [-0.25, -0.2) is 0 Å². The molecule has 0 bridgehead atoms. The molecule has 3 unspecified atom stereocenters. The van der Waals surface area contributed by atoms with Crippen molar-refractivity contribution in [2.24, 2.45) is 5.92 Å². The molecule has 0 radical (unpaired) electrons. The van der Waals surface area contributed by atoms with E-state index in [0.29, 0.717) is 0 Å². The van der Waals surface area contributed by atoms with Gasteiger partial charge < -0.3 is 5.32 Å². The van der Waals surface area contributed by atoms with Gasteiger partial charge in [-0.05, 0) is 30.7 Å². The van der Waals surface area contributed by atoms with Gasteiger partial charge in [-0.15, -0.1) is 0 Å². The number of amides is 1. The maximum Gasteiger partial charge on any atom is 0.232 e. The zero-order valence-corrected chi connectivity index (χ0v) is 12.6. The van der Waals surface area contributed by atoms with E-state index in [-0.39, 0.29) is 22.8 Å². The van der Waals surface area contributed by atoms with E-state index in [4.69, 9.17) is 0 Å². The normalized spacial score (nSPS) is 21.1. The SMILES string of the molecule is CNC(=O)CS(=O)C(c1ccccc1)C1C=CCCC1. The fourth-order valence-electron chi connectivity index (χ4n) is 2.62. The van der Waals surface area contributed by atoms with Crippen molar-refractivity contribution in [1.82, 2.24) is 5.32 Å². The van der Waals surface area contributed by atoms with Crippen molar-refractivity contribution in [3.63, 3.8) is 0 Å². The van der Waals surface area contributed by atoms with Crippen molar-refractivity contribution in [2.75, 3.05) is 12.8 Å². The zero-order valence-electron chi connectivity index (χ0n) is 11.7. The van der Waals surface area contributed by atoms with Gasteiger partial charge in [0.05, 0.1) is 5.25 Å². The third-order valence-electron chi connectivity index (χ3n) is 3.64. The Morgan fingerprint density at radius 1 is 1.40 bits per heavy atom. The third-order valence-corrected chi connectivity index (χ3v) is 5.38. The Balaban J connectivity index is 2.24. The highest BCUT2D eigenvalue weighted by atomic mass is 32.2. The van der Waals surface area contributed by atoms with E-state index in [1.165, 1.54) is 0 Å². The number of rotatable bonds is 5. The molecule has 0 aliphatic heterocycles. The minimum absolute atomic E-state index is 0.0698. The fourth-order valence-corrected chi connectivity index (χ4v) is 4.28. The minimum Gasteiger partial charge on any atom is -0.358 e. The van der Waals surface area contributed by atoms with E-state index < -0.39 is 10.8 Å². The largest absolute Gasteiger partial charge is 0.358 e. The van der Waals surface area contributed by atoms with Gasteiger partial charge in [0.15, 0.2) is 0 Å². The lowest BCUT2D eigenvalue weighted by atomic mass is 9.89. The molecular formula is C16H21NO2S. The van der Waals surface area contributed by atoms with Gasteiger partial charge in [-0.2, -0.15) is 0 Å². The van der Waals surface area contributed by atoms with E-state index >= 15 is 0 Å². The van der Waals surface area contributed by atoms with Gasteiger partial charge in [0.25, 0.3) is 0 Å². The average molecular weight is 291 g/mol. The molecule has 0 heterocycles. The van der Waals surface area contributed by atoms with Crippen molar-refractivity contribution < 1.29 is 9.00 Å². The first-order valence-corrected chi connectivity index (χ1v) is 8.40. The van der Waals surface area contributed by atoms with Crippen LogP contribution in [0.5, 0.6) is 0 Å². The number of carbonyl (C=O) groups is 1. The number of hydrogen-bond donors (Lipinski definition) is 1. The van der Waals surface area contributed by atoms with Gasteiger partial charge in [-0.1, -0.05) is 42.5 Å². The fraction of sp³-hybridized carbons (Fsp3) is 0.438. The second-order valence-electron chi connectivity index (χ2n) is 5.05. The lowest BCUT2D eigenvalue weighted by molar-refractivity contribution is -0.118. The van der Waals surface area contributed by atoms with Gasteiger partial charge in [-0.3, -0.25) is 9.00 Å². The standard InChI is InChI=1S/C16H21NO2S/c1-17-15(18)12-20(19)16(13-8-4-2-5-9-13)14-10-6-3-7-11-14/h2,4-6,8-10,14,16H,3,7,11-12H2,1H3,(H,17,18). The van der Waals surface area contributed by atoms with E-state index in [0.717, 1.165) is 24.8 Å². The number of hydrogen-bond acceptors (Lipinski definition) is 2. The molecule has 4 heteroatoms. The van der Waals surface area contributed by atoms with Gasteiger partial charge in [0.1, 0.15) is 5.75 Å². The van der Waals surface area contributed by atoms with Crippen LogP contribution in [0.2, 0.25) is 0 Å². The van der Waals surface area contributed by atoms with Crippen molar-refractivity contribution in [2.45, 2.75) is 24.5 Å². The summed E-state index contributed by atoms with van der Waals surface area (Å²) in [6.07, 6.45) is 7.60. The van der Waals surface area contributed by atoms with Crippen molar-refractivity contribution >= 4 is 16.7 Å². The van der Waals surface area contributed by atoms with Crippen LogP contribution in [0, 0.1) is 5.92 Å². The monoisotopic (exact) mass is 291 g/mol. The van der Waals surface area contributed by atoms with Gasteiger partial charge in [0, 0.05) is 17.8 Å². The highest BCUT2D eigenvalue weighted by molar-refractivity contribution is 7.86. The Bertz CT molecular complexity index is 498. The Morgan fingerprint density at radius 2 is 2.15 bits per heavy atom. The number of nitrogens with one attached hydrogen (secondary N) is 1. The van der Waals surface area contributed by atoms with E-state index in [9.17, 15) is 9.00 Å². The van der Waals surface area contributed by atoms with Crippen LogP contribution >= 0.6 is 0 Å². The van der Waals surface area contributed by atoms with Crippen LogP contribution in [-0.2, 0) is 15.6 Å². The van der Waals surface area contributed by atoms with E-state index in [2.05, 4.69) is 17.5 Å². The first-order chi connectivity index (χ1) is 9.72. The summed E-state index contributed by atoms with van der Waals surface area (Å²) < 4.78 is 12.6.